The molecule has 0 unspecified atom stereocenters. The van der Waals surface area contributed by atoms with Crippen LogP contribution in [0.15, 0.2) is 12.1 Å². The molecule has 0 aliphatic rings. The summed E-state index contributed by atoms with van der Waals surface area (Å²) in [5.74, 6) is -2.64. The summed E-state index contributed by atoms with van der Waals surface area (Å²) in [6.07, 6.45) is 0. The lowest BCUT2D eigenvalue weighted by Crippen LogP contribution is -2.16. The van der Waals surface area contributed by atoms with Gasteiger partial charge in [-0.3, -0.25) is 0 Å². The molecule has 0 radical (unpaired) electrons. The maximum Gasteiger partial charge on any atom is 0.165 e. The zero-order valence-corrected chi connectivity index (χ0v) is 6.67. The van der Waals surface area contributed by atoms with E-state index < -0.39 is 35.6 Å². The van der Waals surface area contributed by atoms with E-state index in [9.17, 15) is 8.78 Å². The Labute approximate surface area is 73.4 Å². The summed E-state index contributed by atoms with van der Waals surface area (Å²) >= 11 is 0. The second-order valence-corrected chi connectivity index (χ2v) is 2.58. The van der Waals surface area contributed by atoms with Gasteiger partial charge in [0.15, 0.2) is 11.6 Å². The van der Waals surface area contributed by atoms with E-state index in [2.05, 4.69) is 0 Å². The molecular formula is C8H9F2NO2. The number of hydrogen-bond donors (Lipinski definition) is 3. The lowest BCUT2D eigenvalue weighted by molar-refractivity contribution is 0.261. The fourth-order valence-electron chi connectivity index (χ4n) is 1.00. The first kappa shape index (κ1) is 9.88. The number of aliphatic hydroxyl groups is 1. The summed E-state index contributed by atoms with van der Waals surface area (Å²) in [4.78, 5) is 0. The number of rotatable bonds is 2. The Hall–Kier alpha value is -1.20. The zero-order valence-electron chi connectivity index (χ0n) is 6.67. The van der Waals surface area contributed by atoms with Crippen LogP contribution in [0.4, 0.5) is 8.78 Å². The molecule has 0 spiro atoms. The molecule has 3 nitrogen and oxygen atoms in total. The summed E-state index contributed by atoms with van der Waals surface area (Å²) in [5.41, 5.74) is 4.85. The quantitative estimate of drug-likeness (QED) is 0.640. The van der Waals surface area contributed by atoms with Crippen LogP contribution in [-0.4, -0.2) is 16.8 Å². The van der Waals surface area contributed by atoms with Crippen molar-refractivity contribution in [2.45, 2.75) is 6.04 Å². The lowest BCUT2D eigenvalue weighted by atomic mass is 10.1. The molecule has 5 heteroatoms. The van der Waals surface area contributed by atoms with E-state index in [1.165, 1.54) is 0 Å². The van der Waals surface area contributed by atoms with Crippen molar-refractivity contribution in [3.8, 4) is 5.75 Å². The first-order chi connectivity index (χ1) is 6.07. The molecular weight excluding hydrogens is 180 g/mol. The molecule has 1 rings (SSSR count). The summed E-state index contributed by atoms with van der Waals surface area (Å²) in [7, 11) is 0. The first-order valence-electron chi connectivity index (χ1n) is 3.61. The van der Waals surface area contributed by atoms with Gasteiger partial charge < -0.3 is 15.9 Å². The van der Waals surface area contributed by atoms with Crippen molar-refractivity contribution in [3.63, 3.8) is 0 Å². The predicted octanol–water partition coefficient (Wildman–Crippen LogP) is 0.663. The van der Waals surface area contributed by atoms with Crippen molar-refractivity contribution in [2.75, 3.05) is 6.61 Å². The average Bonchev–Trinajstić information content (AvgIpc) is 2.12. The molecule has 13 heavy (non-hydrogen) atoms. The van der Waals surface area contributed by atoms with Gasteiger partial charge in [-0.05, 0) is 12.1 Å². The SMILES string of the molecule is N[C@H](CO)c1c(F)ccc(F)c1O. The highest BCUT2D eigenvalue weighted by molar-refractivity contribution is 5.37. The molecule has 0 aliphatic carbocycles. The van der Waals surface area contributed by atoms with Gasteiger partial charge in [0.25, 0.3) is 0 Å². The summed E-state index contributed by atoms with van der Waals surface area (Å²) < 4.78 is 25.7. The standard InChI is InChI=1S/C8H9F2NO2/c9-4-1-2-5(10)8(13)7(4)6(11)3-12/h1-2,6,12-13H,3,11H2/t6-/m1/s1. The summed E-state index contributed by atoms with van der Waals surface area (Å²) in [6, 6.07) is 0.522. The van der Waals surface area contributed by atoms with Crippen LogP contribution in [0, 0.1) is 11.6 Å². The second kappa shape index (κ2) is 3.68. The van der Waals surface area contributed by atoms with Crippen molar-refractivity contribution < 1.29 is 19.0 Å². The Morgan fingerprint density at radius 1 is 1.31 bits per heavy atom. The highest BCUT2D eigenvalue weighted by Gasteiger charge is 2.18. The number of benzene rings is 1. The van der Waals surface area contributed by atoms with Crippen molar-refractivity contribution in [1.29, 1.82) is 0 Å². The second-order valence-electron chi connectivity index (χ2n) is 2.58. The Morgan fingerprint density at radius 3 is 2.38 bits per heavy atom. The summed E-state index contributed by atoms with van der Waals surface area (Å²) in [5, 5.41) is 17.7. The number of aromatic hydroxyl groups is 1. The highest BCUT2D eigenvalue weighted by atomic mass is 19.1. The largest absolute Gasteiger partial charge is 0.505 e. The first-order valence-corrected chi connectivity index (χ1v) is 3.61. The van der Waals surface area contributed by atoms with Gasteiger partial charge in [-0.15, -0.1) is 0 Å². The maximum atomic E-state index is 13.0. The predicted molar refractivity (Wildman–Crippen MR) is 42.0 cm³/mol. The fourth-order valence-corrected chi connectivity index (χ4v) is 1.00. The van der Waals surface area contributed by atoms with E-state index >= 15 is 0 Å². The van der Waals surface area contributed by atoms with Gasteiger partial charge >= 0.3 is 0 Å². The topological polar surface area (TPSA) is 66.5 Å². The third-order valence-corrected chi connectivity index (χ3v) is 1.68. The van der Waals surface area contributed by atoms with Crippen LogP contribution in [0.25, 0.3) is 0 Å². The number of nitrogens with two attached hydrogens (primary N) is 1. The number of hydrogen-bond acceptors (Lipinski definition) is 3. The average molecular weight is 189 g/mol. The molecule has 0 saturated carbocycles. The van der Waals surface area contributed by atoms with E-state index in [0.717, 1.165) is 12.1 Å². The van der Waals surface area contributed by atoms with Crippen LogP contribution < -0.4 is 5.73 Å². The van der Waals surface area contributed by atoms with Gasteiger partial charge in [0.05, 0.1) is 18.2 Å². The normalized spacial score (nSPS) is 12.9. The van der Waals surface area contributed by atoms with Gasteiger partial charge in [0.2, 0.25) is 0 Å². The van der Waals surface area contributed by atoms with Crippen molar-refractivity contribution in [3.05, 3.63) is 29.3 Å². The molecule has 0 fully saturated rings. The third kappa shape index (κ3) is 1.76. The number of phenolic OH excluding ortho intramolecular Hbond substituents is 1. The Balaban J connectivity index is 3.25. The minimum Gasteiger partial charge on any atom is -0.505 e. The number of phenols is 1. The van der Waals surface area contributed by atoms with Crippen LogP contribution >= 0.6 is 0 Å². The van der Waals surface area contributed by atoms with E-state index in [4.69, 9.17) is 15.9 Å². The third-order valence-electron chi connectivity index (χ3n) is 1.68. The molecule has 72 valence electrons. The van der Waals surface area contributed by atoms with Crippen LogP contribution in [0.5, 0.6) is 5.75 Å². The van der Waals surface area contributed by atoms with Crippen LogP contribution in [0.3, 0.4) is 0 Å². The van der Waals surface area contributed by atoms with Crippen LogP contribution in [0.1, 0.15) is 11.6 Å². The van der Waals surface area contributed by atoms with E-state index in [1.54, 1.807) is 0 Å². The van der Waals surface area contributed by atoms with E-state index in [1.807, 2.05) is 0 Å². The number of halogens is 2. The smallest absolute Gasteiger partial charge is 0.165 e. The lowest BCUT2D eigenvalue weighted by Gasteiger charge is -2.11. The maximum absolute atomic E-state index is 13.0. The van der Waals surface area contributed by atoms with E-state index in [0.29, 0.717) is 0 Å². The summed E-state index contributed by atoms with van der Waals surface area (Å²) in [6.45, 7) is -0.562. The molecule has 0 heterocycles. The molecule has 0 bridgehead atoms. The minimum atomic E-state index is -1.12. The van der Waals surface area contributed by atoms with Crippen LogP contribution in [-0.2, 0) is 0 Å². The van der Waals surface area contributed by atoms with Crippen molar-refractivity contribution in [1.82, 2.24) is 0 Å². The van der Waals surface area contributed by atoms with Crippen molar-refractivity contribution in [2.24, 2.45) is 5.73 Å². The minimum absolute atomic E-state index is 0.400. The van der Waals surface area contributed by atoms with Gasteiger partial charge in [0, 0.05) is 0 Å². The molecule has 1 aromatic rings. The van der Waals surface area contributed by atoms with Gasteiger partial charge in [-0.2, -0.15) is 0 Å². The zero-order chi connectivity index (χ0) is 10.0. The molecule has 0 aliphatic heterocycles. The van der Waals surface area contributed by atoms with Gasteiger partial charge in [-0.1, -0.05) is 0 Å². The molecule has 1 atom stereocenters. The fraction of sp³-hybridized carbons (Fsp3) is 0.250. The van der Waals surface area contributed by atoms with Gasteiger partial charge in [0.1, 0.15) is 5.82 Å². The monoisotopic (exact) mass is 189 g/mol. The molecule has 1 aromatic carbocycles. The molecule has 0 aromatic heterocycles. The van der Waals surface area contributed by atoms with Crippen molar-refractivity contribution >= 4 is 0 Å². The number of aliphatic hydroxyl groups excluding tert-OH is 1. The molecule has 0 saturated heterocycles. The van der Waals surface area contributed by atoms with Crippen LogP contribution in [0.2, 0.25) is 0 Å². The molecule has 0 amide bonds. The Morgan fingerprint density at radius 2 is 1.85 bits per heavy atom. The molecule has 4 N–H and O–H groups in total. The Bertz CT molecular complexity index is 317. The highest BCUT2D eigenvalue weighted by Crippen LogP contribution is 2.28. The van der Waals surface area contributed by atoms with Gasteiger partial charge in [-0.25, -0.2) is 8.78 Å². The Kier molecular flexibility index (Phi) is 2.79. The van der Waals surface area contributed by atoms with E-state index in [-0.39, 0.29) is 0 Å².